The number of rotatable bonds is 4. The van der Waals surface area contributed by atoms with Gasteiger partial charge in [-0.05, 0) is 39.1 Å². The Bertz CT molecular complexity index is 370. The van der Waals surface area contributed by atoms with E-state index < -0.39 is 0 Å². The number of aryl methyl sites for hydroxylation is 1. The lowest BCUT2D eigenvalue weighted by molar-refractivity contribution is 0.193. The summed E-state index contributed by atoms with van der Waals surface area (Å²) < 4.78 is 5.48. The predicted molar refractivity (Wildman–Crippen MR) is 69.4 cm³/mol. The van der Waals surface area contributed by atoms with Crippen molar-refractivity contribution in [2.45, 2.75) is 25.7 Å². The Labute approximate surface area is 104 Å². The lowest BCUT2D eigenvalue weighted by Crippen LogP contribution is -2.17. The normalized spacial score (nSPS) is 20.1. The van der Waals surface area contributed by atoms with Crippen molar-refractivity contribution in [3.8, 4) is 0 Å². The van der Waals surface area contributed by atoms with Crippen LogP contribution in [0.25, 0.3) is 0 Å². The Morgan fingerprint density at radius 2 is 2.24 bits per heavy atom. The molecule has 1 saturated heterocycles. The van der Waals surface area contributed by atoms with Crippen LogP contribution in [-0.4, -0.2) is 43.7 Å². The SMILES string of the molecule is Cc1ccc(C2CCOC2)c(CCN(C)C)n1. The molecule has 1 aromatic heterocycles. The van der Waals surface area contributed by atoms with E-state index in [1.165, 1.54) is 11.3 Å². The summed E-state index contributed by atoms with van der Waals surface area (Å²) in [6.07, 6.45) is 2.17. The van der Waals surface area contributed by atoms with Crippen LogP contribution in [-0.2, 0) is 11.2 Å². The lowest BCUT2D eigenvalue weighted by Gasteiger charge is -2.16. The molecular formula is C14H22N2O. The fraction of sp³-hybridized carbons (Fsp3) is 0.643. The molecule has 0 N–H and O–H groups in total. The summed E-state index contributed by atoms with van der Waals surface area (Å²) in [6, 6.07) is 4.36. The fourth-order valence-corrected chi connectivity index (χ4v) is 2.30. The standard InChI is InChI=1S/C14H22N2O/c1-11-4-5-13(12-7-9-17-10-12)14(15-11)6-8-16(2)3/h4-5,12H,6-10H2,1-3H3. The van der Waals surface area contributed by atoms with Gasteiger partial charge in [0.2, 0.25) is 0 Å². The van der Waals surface area contributed by atoms with E-state index in [0.717, 1.165) is 38.3 Å². The monoisotopic (exact) mass is 234 g/mol. The molecule has 0 saturated carbocycles. The number of aromatic nitrogens is 1. The quantitative estimate of drug-likeness (QED) is 0.796. The highest BCUT2D eigenvalue weighted by Crippen LogP contribution is 2.27. The molecule has 1 atom stereocenters. The number of likely N-dealkylation sites (N-methyl/N-ethyl adjacent to an activating group) is 1. The van der Waals surface area contributed by atoms with Gasteiger partial charge < -0.3 is 9.64 Å². The Balaban J connectivity index is 2.17. The third-order valence-corrected chi connectivity index (χ3v) is 3.31. The van der Waals surface area contributed by atoms with Gasteiger partial charge in [0.05, 0.1) is 6.61 Å². The molecule has 17 heavy (non-hydrogen) atoms. The van der Waals surface area contributed by atoms with Crippen molar-refractivity contribution in [2.24, 2.45) is 0 Å². The maximum atomic E-state index is 5.48. The van der Waals surface area contributed by atoms with E-state index in [2.05, 4.69) is 38.1 Å². The van der Waals surface area contributed by atoms with Gasteiger partial charge in [-0.1, -0.05) is 6.07 Å². The van der Waals surface area contributed by atoms with Gasteiger partial charge >= 0.3 is 0 Å². The van der Waals surface area contributed by atoms with E-state index >= 15 is 0 Å². The van der Waals surface area contributed by atoms with Crippen LogP contribution < -0.4 is 0 Å². The molecule has 94 valence electrons. The van der Waals surface area contributed by atoms with Gasteiger partial charge in [0.25, 0.3) is 0 Å². The summed E-state index contributed by atoms with van der Waals surface area (Å²) in [6.45, 7) is 4.87. The van der Waals surface area contributed by atoms with Crippen molar-refractivity contribution in [3.63, 3.8) is 0 Å². The Kier molecular flexibility index (Phi) is 4.13. The van der Waals surface area contributed by atoms with Crippen LogP contribution in [0.4, 0.5) is 0 Å². The van der Waals surface area contributed by atoms with Crippen LogP contribution >= 0.6 is 0 Å². The van der Waals surface area contributed by atoms with Crippen LogP contribution in [0.15, 0.2) is 12.1 Å². The molecule has 0 radical (unpaired) electrons. The molecule has 0 aliphatic carbocycles. The largest absolute Gasteiger partial charge is 0.381 e. The first-order valence-electron chi connectivity index (χ1n) is 6.35. The van der Waals surface area contributed by atoms with Gasteiger partial charge in [-0.25, -0.2) is 0 Å². The third kappa shape index (κ3) is 3.27. The molecule has 0 bridgehead atoms. The number of hydrogen-bond donors (Lipinski definition) is 0. The number of nitrogens with zero attached hydrogens (tertiary/aromatic N) is 2. The summed E-state index contributed by atoms with van der Waals surface area (Å²) in [5, 5.41) is 0. The Hall–Kier alpha value is -0.930. The van der Waals surface area contributed by atoms with E-state index in [1.807, 2.05) is 0 Å². The van der Waals surface area contributed by atoms with Crippen molar-refractivity contribution in [3.05, 3.63) is 29.1 Å². The molecule has 1 fully saturated rings. The van der Waals surface area contributed by atoms with Crippen LogP contribution in [0.5, 0.6) is 0 Å². The maximum Gasteiger partial charge on any atom is 0.0536 e. The molecule has 1 aliphatic heterocycles. The van der Waals surface area contributed by atoms with Gasteiger partial charge in [-0.15, -0.1) is 0 Å². The average Bonchev–Trinajstić information content (AvgIpc) is 2.80. The van der Waals surface area contributed by atoms with Crippen molar-refractivity contribution in [1.82, 2.24) is 9.88 Å². The highest BCUT2D eigenvalue weighted by atomic mass is 16.5. The molecule has 0 spiro atoms. The smallest absolute Gasteiger partial charge is 0.0536 e. The van der Waals surface area contributed by atoms with E-state index in [4.69, 9.17) is 9.72 Å². The minimum atomic E-state index is 0.556. The molecule has 0 aromatic carbocycles. The average molecular weight is 234 g/mol. The van der Waals surface area contributed by atoms with Gasteiger partial charge in [-0.2, -0.15) is 0 Å². The summed E-state index contributed by atoms with van der Waals surface area (Å²) >= 11 is 0. The lowest BCUT2D eigenvalue weighted by atomic mass is 9.95. The van der Waals surface area contributed by atoms with Gasteiger partial charge in [0.15, 0.2) is 0 Å². The minimum Gasteiger partial charge on any atom is -0.381 e. The van der Waals surface area contributed by atoms with E-state index in [0.29, 0.717) is 5.92 Å². The highest BCUT2D eigenvalue weighted by molar-refractivity contribution is 5.27. The zero-order valence-corrected chi connectivity index (χ0v) is 11.1. The number of pyridine rings is 1. The molecule has 2 heterocycles. The molecule has 0 amide bonds. The minimum absolute atomic E-state index is 0.556. The second-order valence-corrected chi connectivity index (χ2v) is 5.10. The zero-order chi connectivity index (χ0) is 12.3. The first-order chi connectivity index (χ1) is 8.16. The van der Waals surface area contributed by atoms with Crippen LogP contribution in [0.2, 0.25) is 0 Å². The van der Waals surface area contributed by atoms with E-state index in [-0.39, 0.29) is 0 Å². The second kappa shape index (κ2) is 5.61. The number of hydrogen-bond acceptors (Lipinski definition) is 3. The third-order valence-electron chi connectivity index (χ3n) is 3.31. The Morgan fingerprint density at radius 1 is 1.41 bits per heavy atom. The van der Waals surface area contributed by atoms with Gasteiger partial charge in [-0.3, -0.25) is 4.98 Å². The predicted octanol–water partition coefficient (Wildman–Crippen LogP) is 2.00. The Morgan fingerprint density at radius 3 is 2.88 bits per heavy atom. The first-order valence-corrected chi connectivity index (χ1v) is 6.35. The van der Waals surface area contributed by atoms with Crippen LogP contribution in [0.1, 0.15) is 29.3 Å². The molecule has 3 heteroatoms. The molecule has 1 unspecified atom stereocenters. The fourth-order valence-electron chi connectivity index (χ4n) is 2.30. The number of ether oxygens (including phenoxy) is 1. The summed E-state index contributed by atoms with van der Waals surface area (Å²) in [5.41, 5.74) is 3.77. The van der Waals surface area contributed by atoms with E-state index in [1.54, 1.807) is 0 Å². The summed E-state index contributed by atoms with van der Waals surface area (Å²) in [7, 11) is 4.21. The van der Waals surface area contributed by atoms with Crippen molar-refractivity contribution in [1.29, 1.82) is 0 Å². The maximum absolute atomic E-state index is 5.48. The van der Waals surface area contributed by atoms with Gasteiger partial charge in [0, 0.05) is 36.9 Å². The summed E-state index contributed by atoms with van der Waals surface area (Å²) in [4.78, 5) is 6.91. The van der Waals surface area contributed by atoms with Crippen molar-refractivity contribution >= 4 is 0 Å². The second-order valence-electron chi connectivity index (χ2n) is 5.10. The van der Waals surface area contributed by atoms with E-state index in [9.17, 15) is 0 Å². The van der Waals surface area contributed by atoms with Crippen molar-refractivity contribution < 1.29 is 4.74 Å². The summed E-state index contributed by atoms with van der Waals surface area (Å²) in [5.74, 6) is 0.556. The first kappa shape index (κ1) is 12.5. The zero-order valence-electron chi connectivity index (χ0n) is 11.1. The van der Waals surface area contributed by atoms with Gasteiger partial charge in [0.1, 0.15) is 0 Å². The van der Waals surface area contributed by atoms with Crippen molar-refractivity contribution in [2.75, 3.05) is 33.9 Å². The molecular weight excluding hydrogens is 212 g/mol. The molecule has 3 nitrogen and oxygen atoms in total. The molecule has 2 rings (SSSR count). The topological polar surface area (TPSA) is 25.4 Å². The van der Waals surface area contributed by atoms with Crippen LogP contribution in [0.3, 0.4) is 0 Å². The molecule has 1 aromatic rings. The molecule has 1 aliphatic rings. The van der Waals surface area contributed by atoms with Crippen LogP contribution in [0, 0.1) is 6.92 Å². The highest BCUT2D eigenvalue weighted by Gasteiger charge is 2.21.